The predicted octanol–water partition coefficient (Wildman–Crippen LogP) is 6.21. The number of aromatic nitrogens is 2. The van der Waals surface area contributed by atoms with Gasteiger partial charge in [-0.15, -0.1) is 0 Å². The van der Waals surface area contributed by atoms with Gasteiger partial charge in [0.1, 0.15) is 0 Å². The first kappa shape index (κ1) is 19.6. The lowest BCUT2D eigenvalue weighted by atomic mass is 9.45. The molecular formula is C26H38N2O. The number of hydrogen-bond acceptors (Lipinski definition) is 2. The Kier molecular flexibility index (Phi) is 4.60. The van der Waals surface area contributed by atoms with E-state index in [1.807, 2.05) is 4.68 Å². The molecule has 0 N–H and O–H groups in total. The van der Waals surface area contributed by atoms with E-state index in [-0.39, 0.29) is 5.41 Å². The second-order valence-electron chi connectivity index (χ2n) is 11.1. The third kappa shape index (κ3) is 2.82. The SMILES string of the molecule is CCn1cc(/C=C2\C[C@@H]3[C@H]4CC[C@@H]5CCCC[C@]5(C)[C@@H]4CC[C@]3(C)C2=O)c(C)n1. The van der Waals surface area contributed by atoms with E-state index >= 15 is 0 Å². The smallest absolute Gasteiger partial charge is 0.165 e. The van der Waals surface area contributed by atoms with Gasteiger partial charge in [-0.3, -0.25) is 9.48 Å². The van der Waals surface area contributed by atoms with Gasteiger partial charge in [-0.2, -0.15) is 5.10 Å². The third-order valence-corrected chi connectivity index (χ3v) is 9.86. The van der Waals surface area contributed by atoms with Gasteiger partial charge in [-0.1, -0.05) is 26.7 Å². The lowest BCUT2D eigenvalue weighted by molar-refractivity contribution is -0.137. The number of nitrogens with zero attached hydrogens (tertiary/aromatic N) is 2. The number of hydrogen-bond donors (Lipinski definition) is 0. The average Bonchev–Trinajstić information content (AvgIpc) is 3.19. The molecule has 0 radical (unpaired) electrons. The van der Waals surface area contributed by atoms with Crippen molar-refractivity contribution in [3.63, 3.8) is 0 Å². The van der Waals surface area contributed by atoms with E-state index in [1.165, 1.54) is 44.9 Å². The minimum atomic E-state index is -0.125. The predicted molar refractivity (Wildman–Crippen MR) is 117 cm³/mol. The summed E-state index contributed by atoms with van der Waals surface area (Å²) in [5.74, 6) is 3.54. The lowest BCUT2D eigenvalue weighted by Crippen LogP contribution is -2.52. The molecule has 4 fully saturated rings. The normalized spacial score (nSPS) is 43.2. The Morgan fingerprint density at radius 3 is 2.72 bits per heavy atom. The quantitative estimate of drug-likeness (QED) is 0.559. The summed E-state index contributed by atoms with van der Waals surface area (Å²) < 4.78 is 1.98. The number of Topliss-reactive ketones (excluding diaryl/α,β-unsaturated/α-hetero) is 1. The van der Waals surface area contributed by atoms with Crippen molar-refractivity contribution in [2.45, 2.75) is 92.0 Å². The number of rotatable bonds is 2. The van der Waals surface area contributed by atoms with Crippen molar-refractivity contribution in [1.29, 1.82) is 0 Å². The molecule has 1 aromatic rings. The molecule has 0 saturated heterocycles. The van der Waals surface area contributed by atoms with E-state index in [9.17, 15) is 4.79 Å². The van der Waals surface area contributed by atoms with Crippen LogP contribution >= 0.6 is 0 Å². The number of carbonyl (C=O) groups excluding carboxylic acids is 1. The molecule has 4 aliphatic rings. The second kappa shape index (κ2) is 6.82. The largest absolute Gasteiger partial charge is 0.294 e. The fourth-order valence-corrected chi connectivity index (χ4v) is 8.12. The van der Waals surface area contributed by atoms with Crippen LogP contribution in [0.2, 0.25) is 0 Å². The molecule has 0 bridgehead atoms. The lowest BCUT2D eigenvalue weighted by Gasteiger charge is -2.59. The highest BCUT2D eigenvalue weighted by Crippen LogP contribution is 2.66. The zero-order valence-corrected chi connectivity index (χ0v) is 18.8. The topological polar surface area (TPSA) is 34.9 Å². The van der Waals surface area contributed by atoms with Gasteiger partial charge in [0.2, 0.25) is 0 Å². The Hall–Kier alpha value is -1.38. The standard InChI is InChI=1S/C26H38N2O/c1-5-28-16-19(17(2)27-28)14-18-15-23-21-10-9-20-8-6-7-12-25(20,3)22(21)11-13-26(23,4)24(18)29/h14,16,20-23H,5-13,15H2,1-4H3/b18-14+/t20-,21-,22+,23+,25-,26-/m0/s1. The Bertz CT molecular complexity index is 851. The minimum absolute atomic E-state index is 0.125. The Morgan fingerprint density at radius 1 is 1.14 bits per heavy atom. The Balaban J connectivity index is 1.46. The van der Waals surface area contributed by atoms with Crippen molar-refractivity contribution in [1.82, 2.24) is 9.78 Å². The summed E-state index contributed by atoms with van der Waals surface area (Å²) in [6.07, 6.45) is 16.2. The molecule has 0 unspecified atom stereocenters. The first-order valence-corrected chi connectivity index (χ1v) is 12.2. The molecule has 3 nitrogen and oxygen atoms in total. The summed E-state index contributed by atoms with van der Waals surface area (Å²) in [5, 5.41) is 4.58. The summed E-state index contributed by atoms with van der Waals surface area (Å²) in [4.78, 5) is 13.6. The van der Waals surface area contributed by atoms with Gasteiger partial charge in [0.05, 0.1) is 5.69 Å². The van der Waals surface area contributed by atoms with Crippen LogP contribution in [0.15, 0.2) is 11.8 Å². The molecule has 3 heteroatoms. The van der Waals surface area contributed by atoms with Crippen LogP contribution in [0, 0.1) is 41.4 Å². The third-order valence-electron chi connectivity index (χ3n) is 9.86. The molecule has 0 spiro atoms. The maximum Gasteiger partial charge on any atom is 0.165 e. The molecule has 29 heavy (non-hydrogen) atoms. The Morgan fingerprint density at radius 2 is 1.97 bits per heavy atom. The maximum atomic E-state index is 13.6. The minimum Gasteiger partial charge on any atom is -0.294 e. The van der Waals surface area contributed by atoms with Crippen molar-refractivity contribution >= 4 is 11.9 Å². The van der Waals surface area contributed by atoms with Crippen LogP contribution in [0.1, 0.15) is 89.8 Å². The molecule has 4 aliphatic carbocycles. The first-order valence-electron chi connectivity index (χ1n) is 12.2. The molecular weight excluding hydrogens is 356 g/mol. The van der Waals surface area contributed by atoms with Crippen LogP contribution in [0.25, 0.3) is 6.08 Å². The average molecular weight is 395 g/mol. The number of ketones is 1. The molecule has 158 valence electrons. The van der Waals surface area contributed by atoms with E-state index in [1.54, 1.807) is 0 Å². The molecule has 1 aromatic heterocycles. The number of aryl methyl sites for hydroxylation is 2. The summed E-state index contributed by atoms with van der Waals surface area (Å²) in [7, 11) is 0. The maximum absolute atomic E-state index is 13.6. The van der Waals surface area contributed by atoms with E-state index in [0.717, 1.165) is 54.0 Å². The van der Waals surface area contributed by atoms with Gasteiger partial charge in [0.25, 0.3) is 0 Å². The zero-order valence-electron chi connectivity index (χ0n) is 18.8. The highest BCUT2D eigenvalue weighted by atomic mass is 16.1. The van der Waals surface area contributed by atoms with Gasteiger partial charge < -0.3 is 0 Å². The number of carbonyl (C=O) groups is 1. The van der Waals surface area contributed by atoms with E-state index in [4.69, 9.17) is 0 Å². The first-order chi connectivity index (χ1) is 13.9. The van der Waals surface area contributed by atoms with Crippen LogP contribution in [-0.2, 0) is 11.3 Å². The van der Waals surface area contributed by atoms with Crippen LogP contribution in [-0.4, -0.2) is 15.6 Å². The Labute approximate surface area is 176 Å². The van der Waals surface area contributed by atoms with Crippen LogP contribution in [0.3, 0.4) is 0 Å². The molecule has 5 rings (SSSR count). The van der Waals surface area contributed by atoms with Crippen LogP contribution in [0.4, 0.5) is 0 Å². The molecule has 0 aromatic carbocycles. The molecule has 0 amide bonds. The van der Waals surface area contributed by atoms with Gasteiger partial charge in [-0.25, -0.2) is 0 Å². The summed E-state index contributed by atoms with van der Waals surface area (Å²) in [6.45, 7) is 9.97. The van der Waals surface area contributed by atoms with Gasteiger partial charge in [0.15, 0.2) is 5.78 Å². The van der Waals surface area contributed by atoms with Crippen molar-refractivity contribution < 1.29 is 4.79 Å². The summed E-state index contributed by atoms with van der Waals surface area (Å²) in [5.41, 5.74) is 3.67. The summed E-state index contributed by atoms with van der Waals surface area (Å²) >= 11 is 0. The van der Waals surface area contributed by atoms with Gasteiger partial charge in [-0.05, 0) is 99.5 Å². The van der Waals surface area contributed by atoms with Crippen molar-refractivity contribution in [3.8, 4) is 0 Å². The highest BCUT2D eigenvalue weighted by molar-refractivity contribution is 6.06. The van der Waals surface area contributed by atoms with Crippen molar-refractivity contribution in [2.75, 3.05) is 0 Å². The highest BCUT2D eigenvalue weighted by Gasteiger charge is 2.60. The van der Waals surface area contributed by atoms with E-state index in [2.05, 4.69) is 45.1 Å². The molecule has 0 aliphatic heterocycles. The molecule has 4 saturated carbocycles. The van der Waals surface area contributed by atoms with E-state index < -0.39 is 0 Å². The molecule has 6 atom stereocenters. The number of fused-ring (bicyclic) bond motifs is 5. The monoisotopic (exact) mass is 394 g/mol. The second-order valence-corrected chi connectivity index (χ2v) is 11.1. The van der Waals surface area contributed by atoms with Crippen molar-refractivity contribution in [2.24, 2.45) is 34.5 Å². The van der Waals surface area contributed by atoms with Gasteiger partial charge in [0, 0.05) is 23.7 Å². The van der Waals surface area contributed by atoms with E-state index in [0.29, 0.717) is 17.1 Å². The van der Waals surface area contributed by atoms with Crippen LogP contribution < -0.4 is 0 Å². The number of allylic oxidation sites excluding steroid dienone is 1. The molecule has 1 heterocycles. The van der Waals surface area contributed by atoms with Crippen LogP contribution in [0.5, 0.6) is 0 Å². The van der Waals surface area contributed by atoms with Crippen molar-refractivity contribution in [3.05, 3.63) is 23.0 Å². The summed E-state index contributed by atoms with van der Waals surface area (Å²) in [6, 6.07) is 0. The zero-order chi connectivity index (χ0) is 20.4. The fraction of sp³-hybridized carbons (Fsp3) is 0.769. The van der Waals surface area contributed by atoms with Gasteiger partial charge >= 0.3 is 0 Å². The fourth-order valence-electron chi connectivity index (χ4n) is 8.12.